The maximum atomic E-state index is 12.0. The van der Waals surface area contributed by atoms with Crippen molar-refractivity contribution in [3.63, 3.8) is 0 Å². The standard InChI is InChI=1S/C16H15N3O4/c20-14-4-1-9-19(14)12-7-5-11(6-8-12)15(21)17-18-16(22)13-3-2-10-23-13/h2-3,5-8,10H,1,4,9H2,(H,17,21)(H,18,22). The molecule has 1 aromatic heterocycles. The van der Waals surface area contributed by atoms with Crippen LogP contribution in [-0.2, 0) is 4.79 Å². The molecule has 0 saturated carbocycles. The number of rotatable bonds is 3. The number of amides is 3. The fraction of sp³-hybridized carbons (Fsp3) is 0.188. The molecule has 1 aromatic carbocycles. The van der Waals surface area contributed by atoms with Gasteiger partial charge in [0.15, 0.2) is 5.76 Å². The van der Waals surface area contributed by atoms with Crippen LogP contribution in [-0.4, -0.2) is 24.3 Å². The van der Waals surface area contributed by atoms with Crippen LogP contribution >= 0.6 is 0 Å². The minimum atomic E-state index is -0.539. The molecular weight excluding hydrogens is 298 g/mol. The molecule has 0 radical (unpaired) electrons. The van der Waals surface area contributed by atoms with Crippen molar-refractivity contribution in [3.05, 3.63) is 54.0 Å². The van der Waals surface area contributed by atoms with Gasteiger partial charge in [0.25, 0.3) is 5.91 Å². The third-order valence-corrected chi connectivity index (χ3v) is 3.55. The van der Waals surface area contributed by atoms with Crippen LogP contribution in [0.4, 0.5) is 5.69 Å². The molecule has 0 bridgehead atoms. The second kappa shape index (κ2) is 6.35. The molecule has 1 saturated heterocycles. The van der Waals surface area contributed by atoms with E-state index in [-0.39, 0.29) is 11.7 Å². The molecule has 0 atom stereocenters. The molecule has 2 aromatic rings. The zero-order valence-electron chi connectivity index (χ0n) is 12.2. The summed E-state index contributed by atoms with van der Waals surface area (Å²) < 4.78 is 4.92. The molecule has 23 heavy (non-hydrogen) atoms. The largest absolute Gasteiger partial charge is 0.459 e. The van der Waals surface area contributed by atoms with Gasteiger partial charge in [-0.25, -0.2) is 0 Å². The fourth-order valence-electron chi connectivity index (χ4n) is 2.37. The molecular formula is C16H15N3O4. The normalized spacial score (nSPS) is 13.9. The van der Waals surface area contributed by atoms with E-state index < -0.39 is 11.8 Å². The van der Waals surface area contributed by atoms with E-state index in [1.807, 2.05) is 0 Å². The van der Waals surface area contributed by atoms with Crippen LogP contribution in [0.2, 0.25) is 0 Å². The summed E-state index contributed by atoms with van der Waals surface area (Å²) in [6.45, 7) is 0.698. The van der Waals surface area contributed by atoms with Gasteiger partial charge in [0, 0.05) is 24.2 Å². The summed E-state index contributed by atoms with van der Waals surface area (Å²) in [6, 6.07) is 9.71. The van der Waals surface area contributed by atoms with E-state index in [0.29, 0.717) is 18.5 Å². The second-order valence-electron chi connectivity index (χ2n) is 5.08. The number of carbonyl (C=O) groups excluding carboxylic acids is 3. The predicted molar refractivity (Wildman–Crippen MR) is 81.7 cm³/mol. The van der Waals surface area contributed by atoms with Crippen molar-refractivity contribution >= 4 is 23.4 Å². The highest BCUT2D eigenvalue weighted by atomic mass is 16.3. The first-order valence-electron chi connectivity index (χ1n) is 7.20. The van der Waals surface area contributed by atoms with Gasteiger partial charge in [-0.05, 0) is 42.8 Å². The topological polar surface area (TPSA) is 91.7 Å². The number of nitrogens with zero attached hydrogens (tertiary/aromatic N) is 1. The second-order valence-corrected chi connectivity index (χ2v) is 5.08. The van der Waals surface area contributed by atoms with Gasteiger partial charge in [0.1, 0.15) is 0 Å². The Morgan fingerprint density at radius 3 is 2.39 bits per heavy atom. The Hall–Kier alpha value is -3.09. The van der Waals surface area contributed by atoms with Gasteiger partial charge in [-0.3, -0.25) is 25.2 Å². The molecule has 0 spiro atoms. The minimum Gasteiger partial charge on any atom is -0.459 e. The molecule has 1 aliphatic heterocycles. The summed E-state index contributed by atoms with van der Waals surface area (Å²) in [5.74, 6) is -0.798. The lowest BCUT2D eigenvalue weighted by atomic mass is 10.2. The molecule has 1 fully saturated rings. The number of carbonyl (C=O) groups is 3. The van der Waals surface area contributed by atoms with Gasteiger partial charge >= 0.3 is 5.91 Å². The quantitative estimate of drug-likeness (QED) is 0.840. The summed E-state index contributed by atoms with van der Waals surface area (Å²) in [4.78, 5) is 37.0. The number of hydrogen-bond donors (Lipinski definition) is 2. The minimum absolute atomic E-state index is 0.0907. The van der Waals surface area contributed by atoms with E-state index in [2.05, 4.69) is 10.9 Å². The lowest BCUT2D eigenvalue weighted by Crippen LogP contribution is -2.41. The van der Waals surface area contributed by atoms with E-state index in [9.17, 15) is 14.4 Å². The van der Waals surface area contributed by atoms with Gasteiger partial charge in [-0.15, -0.1) is 0 Å². The van der Waals surface area contributed by atoms with Gasteiger partial charge in [0.2, 0.25) is 5.91 Å². The van der Waals surface area contributed by atoms with Crippen molar-refractivity contribution in [1.29, 1.82) is 0 Å². The van der Waals surface area contributed by atoms with Crippen LogP contribution in [0.15, 0.2) is 47.1 Å². The van der Waals surface area contributed by atoms with Crippen LogP contribution < -0.4 is 15.8 Å². The lowest BCUT2D eigenvalue weighted by molar-refractivity contribution is -0.117. The Kier molecular flexibility index (Phi) is 4.09. The van der Waals surface area contributed by atoms with Gasteiger partial charge in [-0.2, -0.15) is 0 Å². The van der Waals surface area contributed by atoms with Gasteiger partial charge < -0.3 is 9.32 Å². The maximum absolute atomic E-state index is 12.0. The van der Waals surface area contributed by atoms with Crippen molar-refractivity contribution in [1.82, 2.24) is 10.9 Å². The summed E-state index contributed by atoms with van der Waals surface area (Å²) >= 11 is 0. The maximum Gasteiger partial charge on any atom is 0.305 e. The molecule has 0 aliphatic carbocycles. The average Bonchev–Trinajstić information content (AvgIpc) is 3.24. The molecule has 2 N–H and O–H groups in total. The molecule has 0 unspecified atom stereocenters. The van der Waals surface area contributed by atoms with Crippen molar-refractivity contribution in [3.8, 4) is 0 Å². The van der Waals surface area contributed by atoms with Crippen molar-refractivity contribution in [2.24, 2.45) is 0 Å². The monoisotopic (exact) mass is 313 g/mol. The molecule has 118 valence electrons. The van der Waals surface area contributed by atoms with Crippen molar-refractivity contribution in [2.45, 2.75) is 12.8 Å². The van der Waals surface area contributed by atoms with E-state index >= 15 is 0 Å². The number of nitrogens with one attached hydrogen (secondary N) is 2. The fourth-order valence-corrected chi connectivity index (χ4v) is 2.37. The lowest BCUT2D eigenvalue weighted by Gasteiger charge is -2.15. The third-order valence-electron chi connectivity index (χ3n) is 3.55. The highest BCUT2D eigenvalue weighted by Gasteiger charge is 2.21. The van der Waals surface area contributed by atoms with Crippen LogP contribution in [0.25, 0.3) is 0 Å². The van der Waals surface area contributed by atoms with Crippen LogP contribution in [0.1, 0.15) is 33.8 Å². The highest BCUT2D eigenvalue weighted by Crippen LogP contribution is 2.21. The third kappa shape index (κ3) is 3.23. The average molecular weight is 313 g/mol. The summed E-state index contributed by atoms with van der Waals surface area (Å²) in [5, 5.41) is 0. The number of hydrazine groups is 1. The number of benzene rings is 1. The number of anilines is 1. The van der Waals surface area contributed by atoms with E-state index in [0.717, 1.165) is 12.1 Å². The first-order valence-corrected chi connectivity index (χ1v) is 7.20. The molecule has 3 rings (SSSR count). The number of hydrogen-bond acceptors (Lipinski definition) is 4. The smallest absolute Gasteiger partial charge is 0.305 e. The van der Waals surface area contributed by atoms with Gasteiger partial charge in [0.05, 0.1) is 6.26 Å². The first kappa shape index (κ1) is 14.8. The van der Waals surface area contributed by atoms with E-state index in [1.165, 1.54) is 12.3 Å². The Morgan fingerprint density at radius 2 is 1.78 bits per heavy atom. The Labute approximate surface area is 132 Å². The van der Waals surface area contributed by atoms with E-state index in [4.69, 9.17) is 4.42 Å². The molecule has 7 heteroatoms. The Morgan fingerprint density at radius 1 is 1.04 bits per heavy atom. The number of furan rings is 1. The first-order chi connectivity index (χ1) is 11.1. The molecule has 1 aliphatic rings. The molecule has 2 heterocycles. The SMILES string of the molecule is O=C(NNC(=O)c1ccco1)c1ccc(N2CCCC2=O)cc1. The van der Waals surface area contributed by atoms with Gasteiger partial charge in [-0.1, -0.05) is 0 Å². The Balaban J connectivity index is 1.59. The van der Waals surface area contributed by atoms with E-state index in [1.54, 1.807) is 35.2 Å². The van der Waals surface area contributed by atoms with Crippen LogP contribution in [0.3, 0.4) is 0 Å². The Bertz CT molecular complexity index is 722. The van der Waals surface area contributed by atoms with Crippen LogP contribution in [0, 0.1) is 0 Å². The zero-order chi connectivity index (χ0) is 16.2. The predicted octanol–water partition coefficient (Wildman–Crippen LogP) is 1.48. The van der Waals surface area contributed by atoms with Crippen LogP contribution in [0.5, 0.6) is 0 Å². The summed E-state index contributed by atoms with van der Waals surface area (Å²) in [6.07, 6.45) is 2.77. The van der Waals surface area contributed by atoms with Crippen molar-refractivity contribution in [2.75, 3.05) is 11.4 Å². The zero-order valence-corrected chi connectivity index (χ0v) is 12.2. The van der Waals surface area contributed by atoms with Crippen molar-refractivity contribution < 1.29 is 18.8 Å². The molecule has 7 nitrogen and oxygen atoms in total. The highest BCUT2D eigenvalue weighted by molar-refractivity contribution is 5.99. The molecule has 3 amide bonds. The summed E-state index contributed by atoms with van der Waals surface area (Å²) in [5.41, 5.74) is 5.71. The summed E-state index contributed by atoms with van der Waals surface area (Å²) in [7, 11) is 0.